The second-order valence-electron chi connectivity index (χ2n) is 4.43. The fraction of sp³-hybridized carbons (Fsp3) is 0.417. The molecule has 1 fully saturated rings. The summed E-state index contributed by atoms with van der Waals surface area (Å²) in [5, 5.41) is 0. The Kier molecular flexibility index (Phi) is 3.86. The van der Waals surface area contributed by atoms with Gasteiger partial charge in [0.1, 0.15) is 5.82 Å². The smallest absolute Gasteiger partial charge is 0.339 e. The molecule has 0 aromatic heterocycles. The zero-order valence-electron chi connectivity index (χ0n) is 10.3. The molecule has 0 aliphatic heterocycles. The van der Waals surface area contributed by atoms with Gasteiger partial charge in [0.05, 0.1) is 17.6 Å². The average molecular weight is 287 g/mol. The maximum Gasteiger partial charge on any atom is 0.339 e. The van der Waals surface area contributed by atoms with E-state index in [0.717, 1.165) is 38.2 Å². The number of ether oxygens (including phenoxy) is 1. The molecule has 0 saturated heterocycles. The van der Waals surface area contributed by atoms with Crippen LogP contribution in [0, 0.1) is 11.7 Å². The van der Waals surface area contributed by atoms with E-state index in [9.17, 15) is 17.6 Å². The number of rotatable bonds is 5. The highest BCUT2D eigenvalue weighted by atomic mass is 32.2. The Morgan fingerprint density at radius 3 is 2.74 bits per heavy atom. The van der Waals surface area contributed by atoms with E-state index in [4.69, 9.17) is 0 Å². The van der Waals surface area contributed by atoms with Crippen LogP contribution in [0.3, 0.4) is 0 Å². The van der Waals surface area contributed by atoms with Crippen molar-refractivity contribution < 1.29 is 22.3 Å². The van der Waals surface area contributed by atoms with E-state index in [2.05, 4.69) is 9.46 Å². The molecule has 1 aromatic carbocycles. The minimum atomic E-state index is -3.91. The Morgan fingerprint density at radius 1 is 1.47 bits per heavy atom. The summed E-state index contributed by atoms with van der Waals surface area (Å²) in [6.45, 7) is 0.305. The van der Waals surface area contributed by atoms with Crippen LogP contribution in [-0.4, -0.2) is 28.0 Å². The van der Waals surface area contributed by atoms with Gasteiger partial charge in [-0.15, -0.1) is 0 Å². The third-order valence-electron chi connectivity index (χ3n) is 2.90. The zero-order chi connectivity index (χ0) is 14.0. The first-order valence-electron chi connectivity index (χ1n) is 5.81. The molecule has 7 heteroatoms. The molecule has 0 bridgehead atoms. The summed E-state index contributed by atoms with van der Waals surface area (Å²) in [7, 11) is -2.78. The molecule has 1 aromatic rings. The maximum absolute atomic E-state index is 13.2. The molecule has 1 aliphatic rings. The van der Waals surface area contributed by atoms with Gasteiger partial charge in [-0.2, -0.15) is 0 Å². The summed E-state index contributed by atoms with van der Waals surface area (Å²) in [5.41, 5.74) is -0.174. The summed E-state index contributed by atoms with van der Waals surface area (Å²) in [6, 6.07) is 2.94. The molecular weight excluding hydrogens is 273 g/mol. The lowest BCUT2D eigenvalue weighted by Gasteiger charge is -2.10. The van der Waals surface area contributed by atoms with Crippen molar-refractivity contribution in [3.05, 3.63) is 29.6 Å². The normalized spacial score (nSPS) is 15.3. The van der Waals surface area contributed by atoms with Gasteiger partial charge in [-0.1, -0.05) is 0 Å². The molecule has 1 N–H and O–H groups in total. The molecule has 0 atom stereocenters. The molecule has 1 aliphatic carbocycles. The van der Waals surface area contributed by atoms with Crippen LogP contribution in [0.15, 0.2) is 23.1 Å². The van der Waals surface area contributed by atoms with Crippen molar-refractivity contribution in [1.82, 2.24) is 4.72 Å². The van der Waals surface area contributed by atoms with Crippen LogP contribution in [0.1, 0.15) is 23.2 Å². The third kappa shape index (κ3) is 3.30. The number of sulfonamides is 1. The van der Waals surface area contributed by atoms with Crippen molar-refractivity contribution in [2.75, 3.05) is 13.7 Å². The zero-order valence-corrected chi connectivity index (χ0v) is 11.2. The molecule has 0 heterocycles. The highest BCUT2D eigenvalue weighted by Gasteiger charge is 2.27. The van der Waals surface area contributed by atoms with E-state index < -0.39 is 21.8 Å². The summed E-state index contributed by atoms with van der Waals surface area (Å²) >= 11 is 0. The molecule has 0 spiro atoms. The average Bonchev–Trinajstić information content (AvgIpc) is 3.19. The lowest BCUT2D eigenvalue weighted by Crippen LogP contribution is -2.27. The van der Waals surface area contributed by atoms with Crippen LogP contribution in [0.25, 0.3) is 0 Å². The Balaban J connectivity index is 2.34. The highest BCUT2D eigenvalue weighted by molar-refractivity contribution is 7.89. The summed E-state index contributed by atoms with van der Waals surface area (Å²) in [5.74, 6) is -1.20. The number of halogens is 1. The van der Waals surface area contributed by atoms with Crippen LogP contribution in [0.4, 0.5) is 4.39 Å². The number of hydrogen-bond acceptors (Lipinski definition) is 4. The van der Waals surface area contributed by atoms with Gasteiger partial charge in [-0.05, 0) is 37.0 Å². The van der Waals surface area contributed by atoms with Crippen molar-refractivity contribution in [2.45, 2.75) is 17.7 Å². The number of hydrogen-bond donors (Lipinski definition) is 1. The molecule has 5 nitrogen and oxygen atoms in total. The van der Waals surface area contributed by atoms with E-state index in [1.54, 1.807) is 0 Å². The topological polar surface area (TPSA) is 72.5 Å². The van der Waals surface area contributed by atoms with Gasteiger partial charge in [-0.25, -0.2) is 22.3 Å². The molecule has 0 radical (unpaired) electrons. The van der Waals surface area contributed by atoms with Crippen LogP contribution < -0.4 is 4.72 Å². The van der Waals surface area contributed by atoms with Gasteiger partial charge in [0.25, 0.3) is 0 Å². The van der Waals surface area contributed by atoms with Gasteiger partial charge >= 0.3 is 5.97 Å². The third-order valence-corrected chi connectivity index (χ3v) is 4.36. The van der Waals surface area contributed by atoms with Gasteiger partial charge in [0.15, 0.2) is 0 Å². The number of benzene rings is 1. The minimum Gasteiger partial charge on any atom is -0.465 e. The molecular formula is C12H14FNO4S. The van der Waals surface area contributed by atoms with E-state index in [0.29, 0.717) is 12.5 Å². The fourth-order valence-corrected chi connectivity index (χ4v) is 2.94. The Labute approximate surface area is 110 Å². The van der Waals surface area contributed by atoms with Crippen molar-refractivity contribution in [3.8, 4) is 0 Å². The van der Waals surface area contributed by atoms with Gasteiger partial charge < -0.3 is 4.74 Å². The van der Waals surface area contributed by atoms with Crippen molar-refractivity contribution in [1.29, 1.82) is 0 Å². The van der Waals surface area contributed by atoms with Gasteiger partial charge in [-0.3, -0.25) is 0 Å². The Bertz CT molecular complexity index is 596. The molecule has 19 heavy (non-hydrogen) atoms. The monoisotopic (exact) mass is 287 g/mol. The SMILES string of the molecule is COC(=O)c1ccc(F)cc1S(=O)(=O)NCC1CC1. The first kappa shape index (κ1) is 14.0. The Hall–Kier alpha value is -1.47. The second kappa shape index (κ2) is 5.26. The second-order valence-corrected chi connectivity index (χ2v) is 6.16. The molecule has 0 amide bonds. The van der Waals surface area contributed by atoms with Crippen molar-refractivity contribution in [2.24, 2.45) is 5.92 Å². The maximum atomic E-state index is 13.2. The van der Waals surface area contributed by atoms with Gasteiger partial charge in [0, 0.05) is 6.54 Å². The summed E-state index contributed by atoms with van der Waals surface area (Å²) in [4.78, 5) is 11.1. The predicted molar refractivity (Wildman–Crippen MR) is 65.7 cm³/mol. The number of esters is 1. The minimum absolute atomic E-state index is 0.174. The standard InChI is InChI=1S/C12H14FNO4S/c1-18-12(15)10-5-4-9(13)6-11(10)19(16,17)14-7-8-2-3-8/h4-6,8,14H,2-3,7H2,1H3. The number of carbonyl (C=O) groups is 1. The van der Waals surface area contributed by atoms with Crippen LogP contribution in [-0.2, 0) is 14.8 Å². The van der Waals surface area contributed by atoms with Crippen LogP contribution >= 0.6 is 0 Å². The molecule has 104 valence electrons. The molecule has 1 saturated carbocycles. The number of carbonyl (C=O) groups excluding carboxylic acids is 1. The van der Waals surface area contributed by atoms with E-state index >= 15 is 0 Å². The number of methoxy groups -OCH3 is 1. The first-order valence-corrected chi connectivity index (χ1v) is 7.30. The molecule has 0 unspecified atom stereocenters. The van der Waals surface area contributed by atoms with E-state index in [1.165, 1.54) is 0 Å². The van der Waals surface area contributed by atoms with Gasteiger partial charge in [0.2, 0.25) is 10.0 Å². The largest absolute Gasteiger partial charge is 0.465 e. The van der Waals surface area contributed by atoms with Crippen molar-refractivity contribution >= 4 is 16.0 Å². The van der Waals surface area contributed by atoms with Crippen LogP contribution in [0.5, 0.6) is 0 Å². The lowest BCUT2D eigenvalue weighted by molar-refractivity contribution is 0.0596. The summed E-state index contributed by atoms with van der Waals surface area (Å²) < 4.78 is 44.2. The quantitative estimate of drug-likeness (QED) is 0.829. The highest BCUT2D eigenvalue weighted by Crippen LogP contribution is 2.28. The van der Waals surface area contributed by atoms with E-state index in [-0.39, 0.29) is 10.5 Å². The first-order chi connectivity index (χ1) is 8.94. The summed E-state index contributed by atoms with van der Waals surface area (Å²) in [6.07, 6.45) is 1.96. The van der Waals surface area contributed by atoms with Crippen molar-refractivity contribution in [3.63, 3.8) is 0 Å². The fourth-order valence-electron chi connectivity index (χ4n) is 1.62. The van der Waals surface area contributed by atoms with E-state index in [1.807, 2.05) is 0 Å². The van der Waals surface area contributed by atoms with Crippen LogP contribution in [0.2, 0.25) is 0 Å². The molecule has 2 rings (SSSR count). The number of nitrogens with one attached hydrogen (secondary N) is 1. The predicted octanol–water partition coefficient (Wildman–Crippen LogP) is 1.30. The lowest BCUT2D eigenvalue weighted by atomic mass is 10.2. The Morgan fingerprint density at radius 2 is 2.16 bits per heavy atom.